The molecular formula is C13H16. The fourth-order valence-corrected chi connectivity index (χ4v) is 2.11. The van der Waals surface area contributed by atoms with E-state index in [-0.39, 0.29) is 0 Å². The molecule has 0 aromatic heterocycles. The fraction of sp³-hybridized carbons (Fsp3) is 0.385. The first-order chi connectivity index (χ1) is 6.42. The van der Waals surface area contributed by atoms with Crippen molar-refractivity contribution in [2.45, 2.75) is 32.6 Å². The maximum absolute atomic E-state index is 2.37. The van der Waals surface area contributed by atoms with Crippen LogP contribution in [0.2, 0.25) is 0 Å². The van der Waals surface area contributed by atoms with Crippen molar-refractivity contribution in [2.24, 2.45) is 0 Å². The van der Waals surface area contributed by atoms with Crippen LogP contribution in [0.3, 0.4) is 0 Å². The van der Waals surface area contributed by atoms with E-state index in [2.05, 4.69) is 37.3 Å². The van der Waals surface area contributed by atoms with Gasteiger partial charge in [-0.25, -0.2) is 0 Å². The van der Waals surface area contributed by atoms with E-state index in [1.165, 1.54) is 30.4 Å². The molecule has 0 fully saturated rings. The Balaban J connectivity index is 2.42. The van der Waals surface area contributed by atoms with Crippen LogP contribution in [0.1, 0.15) is 37.3 Å². The third kappa shape index (κ3) is 1.67. The minimum absolute atomic E-state index is 1.16. The molecule has 0 saturated carbocycles. The van der Waals surface area contributed by atoms with Gasteiger partial charge in [0.2, 0.25) is 0 Å². The number of hydrogen-bond acceptors (Lipinski definition) is 0. The first-order valence-electron chi connectivity index (χ1n) is 5.19. The molecular weight excluding hydrogens is 156 g/mol. The van der Waals surface area contributed by atoms with Gasteiger partial charge in [-0.05, 0) is 42.4 Å². The van der Waals surface area contributed by atoms with E-state index in [1.54, 1.807) is 5.57 Å². The fourth-order valence-electron chi connectivity index (χ4n) is 2.11. The Morgan fingerprint density at radius 3 is 2.92 bits per heavy atom. The van der Waals surface area contributed by atoms with Crippen LogP contribution >= 0.6 is 0 Å². The molecule has 68 valence electrons. The molecule has 0 atom stereocenters. The lowest BCUT2D eigenvalue weighted by atomic mass is 9.87. The van der Waals surface area contributed by atoms with Crippen molar-refractivity contribution < 1.29 is 0 Å². The van der Waals surface area contributed by atoms with Crippen molar-refractivity contribution in [2.75, 3.05) is 0 Å². The number of allylic oxidation sites excluding steroid dienone is 2. The molecule has 1 aromatic rings. The second kappa shape index (κ2) is 3.78. The maximum atomic E-state index is 2.37. The van der Waals surface area contributed by atoms with Gasteiger partial charge < -0.3 is 0 Å². The average molecular weight is 172 g/mol. The van der Waals surface area contributed by atoms with E-state index in [9.17, 15) is 0 Å². The highest BCUT2D eigenvalue weighted by Gasteiger charge is 2.11. The molecule has 0 amide bonds. The van der Waals surface area contributed by atoms with Crippen molar-refractivity contribution in [1.29, 1.82) is 0 Å². The van der Waals surface area contributed by atoms with E-state index in [4.69, 9.17) is 0 Å². The van der Waals surface area contributed by atoms with E-state index < -0.39 is 0 Å². The molecule has 0 heterocycles. The lowest BCUT2D eigenvalue weighted by Gasteiger charge is -2.18. The monoisotopic (exact) mass is 172 g/mol. The Morgan fingerprint density at radius 1 is 1.23 bits per heavy atom. The van der Waals surface area contributed by atoms with Gasteiger partial charge in [-0.1, -0.05) is 37.3 Å². The van der Waals surface area contributed by atoms with Gasteiger partial charge in [0, 0.05) is 0 Å². The Kier molecular flexibility index (Phi) is 2.49. The third-order valence-electron chi connectivity index (χ3n) is 2.71. The van der Waals surface area contributed by atoms with Crippen LogP contribution in [0.15, 0.2) is 30.3 Å². The highest BCUT2D eigenvalue weighted by atomic mass is 14.2. The smallest absolute Gasteiger partial charge is 0.0196 e. The highest BCUT2D eigenvalue weighted by molar-refractivity contribution is 5.69. The molecule has 1 aliphatic rings. The number of fused-ring (bicyclic) bond motifs is 1. The van der Waals surface area contributed by atoms with E-state index in [1.807, 2.05) is 0 Å². The summed E-state index contributed by atoms with van der Waals surface area (Å²) in [5.74, 6) is 0. The van der Waals surface area contributed by atoms with E-state index in [0.29, 0.717) is 0 Å². The van der Waals surface area contributed by atoms with E-state index in [0.717, 1.165) is 6.42 Å². The standard InChI is InChI=1S/C13H16/c1-2-6-11-8-5-9-12-7-3-4-10-13(11)12/h3-4,6-7,10H,2,5,8-9H2,1H3/b11-6-. The summed E-state index contributed by atoms with van der Waals surface area (Å²) in [6.45, 7) is 2.21. The zero-order valence-corrected chi connectivity index (χ0v) is 8.22. The number of hydrogen-bond donors (Lipinski definition) is 0. The summed E-state index contributed by atoms with van der Waals surface area (Å²) in [5, 5.41) is 0. The largest absolute Gasteiger partial charge is 0.0810 e. The molecule has 0 aliphatic heterocycles. The summed E-state index contributed by atoms with van der Waals surface area (Å²) < 4.78 is 0. The molecule has 0 saturated heterocycles. The Bertz CT molecular complexity index is 321. The topological polar surface area (TPSA) is 0 Å². The average Bonchev–Trinajstić information content (AvgIpc) is 2.19. The summed E-state index contributed by atoms with van der Waals surface area (Å²) >= 11 is 0. The predicted octanol–water partition coefficient (Wildman–Crippen LogP) is 3.82. The molecule has 0 radical (unpaired) electrons. The van der Waals surface area contributed by atoms with E-state index >= 15 is 0 Å². The van der Waals surface area contributed by atoms with Crippen molar-refractivity contribution in [3.63, 3.8) is 0 Å². The zero-order valence-electron chi connectivity index (χ0n) is 8.22. The third-order valence-corrected chi connectivity index (χ3v) is 2.71. The van der Waals surface area contributed by atoms with Gasteiger partial charge in [-0.3, -0.25) is 0 Å². The minimum Gasteiger partial charge on any atom is -0.0810 e. The predicted molar refractivity (Wildman–Crippen MR) is 57.6 cm³/mol. The minimum atomic E-state index is 1.16. The van der Waals surface area contributed by atoms with Crippen LogP contribution in [-0.4, -0.2) is 0 Å². The molecule has 13 heavy (non-hydrogen) atoms. The van der Waals surface area contributed by atoms with Crippen LogP contribution in [0.5, 0.6) is 0 Å². The number of aryl methyl sites for hydroxylation is 1. The summed E-state index contributed by atoms with van der Waals surface area (Å²) in [6.07, 6.45) is 7.38. The lowest BCUT2D eigenvalue weighted by Crippen LogP contribution is -2.00. The first-order valence-corrected chi connectivity index (χ1v) is 5.19. The lowest BCUT2D eigenvalue weighted by molar-refractivity contribution is 0.820. The van der Waals surface area contributed by atoms with Crippen molar-refractivity contribution in [3.8, 4) is 0 Å². The number of rotatable bonds is 1. The Hall–Kier alpha value is -1.04. The van der Waals surface area contributed by atoms with Crippen molar-refractivity contribution in [1.82, 2.24) is 0 Å². The van der Waals surface area contributed by atoms with Gasteiger partial charge in [0.1, 0.15) is 0 Å². The Labute approximate surface area is 80.3 Å². The second-order valence-electron chi connectivity index (χ2n) is 3.65. The van der Waals surface area contributed by atoms with Crippen molar-refractivity contribution >= 4 is 5.57 Å². The van der Waals surface area contributed by atoms with Gasteiger partial charge in [0.05, 0.1) is 0 Å². The summed E-state index contributed by atoms with van der Waals surface area (Å²) in [5.41, 5.74) is 4.59. The van der Waals surface area contributed by atoms with Gasteiger partial charge in [0.25, 0.3) is 0 Å². The molecule has 0 heteroatoms. The van der Waals surface area contributed by atoms with Gasteiger partial charge in [0.15, 0.2) is 0 Å². The summed E-state index contributed by atoms with van der Waals surface area (Å²) in [7, 11) is 0. The molecule has 0 nitrogen and oxygen atoms in total. The summed E-state index contributed by atoms with van der Waals surface area (Å²) in [4.78, 5) is 0. The SMILES string of the molecule is CC/C=C1/CCCc2ccccc21. The van der Waals surface area contributed by atoms with Crippen LogP contribution in [0.25, 0.3) is 5.57 Å². The molecule has 0 bridgehead atoms. The summed E-state index contributed by atoms with van der Waals surface area (Å²) in [6, 6.07) is 8.81. The highest BCUT2D eigenvalue weighted by Crippen LogP contribution is 2.30. The van der Waals surface area contributed by atoms with Crippen molar-refractivity contribution in [3.05, 3.63) is 41.5 Å². The molecule has 1 aromatic carbocycles. The molecule has 0 spiro atoms. The maximum Gasteiger partial charge on any atom is -0.0196 e. The normalized spacial score (nSPS) is 18.7. The van der Waals surface area contributed by atoms with Crippen LogP contribution < -0.4 is 0 Å². The molecule has 0 N–H and O–H groups in total. The Morgan fingerprint density at radius 2 is 2.08 bits per heavy atom. The van der Waals surface area contributed by atoms with Gasteiger partial charge in [-0.15, -0.1) is 0 Å². The zero-order chi connectivity index (χ0) is 9.10. The van der Waals surface area contributed by atoms with Gasteiger partial charge >= 0.3 is 0 Å². The quantitative estimate of drug-likeness (QED) is 0.604. The van der Waals surface area contributed by atoms with Gasteiger partial charge in [-0.2, -0.15) is 0 Å². The van der Waals surface area contributed by atoms with Crippen LogP contribution in [0, 0.1) is 0 Å². The number of benzene rings is 1. The molecule has 2 rings (SSSR count). The second-order valence-corrected chi connectivity index (χ2v) is 3.65. The van der Waals surface area contributed by atoms with Crippen LogP contribution in [-0.2, 0) is 6.42 Å². The molecule has 1 aliphatic carbocycles. The first kappa shape index (κ1) is 8.55. The molecule has 0 unspecified atom stereocenters. The van der Waals surface area contributed by atoms with Crippen LogP contribution in [0.4, 0.5) is 0 Å².